The number of thioether (sulfide) groups is 1. The van der Waals surface area contributed by atoms with Crippen LogP contribution in [0.25, 0.3) is 0 Å². The fraction of sp³-hybridized carbons (Fsp3) is 0.500. The Morgan fingerprint density at radius 2 is 1.96 bits per heavy atom. The van der Waals surface area contributed by atoms with Crippen molar-refractivity contribution in [3.63, 3.8) is 0 Å². The number of aliphatic carboxylic acids is 1. The number of hydrogen-bond acceptors (Lipinski definition) is 6. The Kier molecular flexibility index (Phi) is 7.66. The van der Waals surface area contributed by atoms with E-state index in [9.17, 15) is 18.3 Å². The molecule has 2 N–H and O–H groups in total. The fourth-order valence-corrected chi connectivity index (χ4v) is 3.75. The summed E-state index contributed by atoms with van der Waals surface area (Å²) in [4.78, 5) is 11.2. The Morgan fingerprint density at radius 1 is 1.30 bits per heavy atom. The van der Waals surface area contributed by atoms with E-state index in [-0.39, 0.29) is 17.1 Å². The third-order valence-electron chi connectivity index (χ3n) is 3.02. The zero-order valence-corrected chi connectivity index (χ0v) is 14.9. The van der Waals surface area contributed by atoms with Crippen LogP contribution in [0, 0.1) is 0 Å². The summed E-state index contributed by atoms with van der Waals surface area (Å²) in [5.41, 5.74) is 0. The first kappa shape index (κ1) is 19.6. The molecule has 0 radical (unpaired) electrons. The van der Waals surface area contributed by atoms with Gasteiger partial charge in [-0.05, 0) is 30.1 Å². The van der Waals surface area contributed by atoms with Crippen LogP contribution in [0.15, 0.2) is 23.1 Å². The Bertz CT molecular complexity index is 632. The van der Waals surface area contributed by atoms with Crippen molar-refractivity contribution >= 4 is 27.8 Å². The van der Waals surface area contributed by atoms with Gasteiger partial charge in [0.2, 0.25) is 10.0 Å². The van der Waals surface area contributed by atoms with E-state index in [0.29, 0.717) is 11.5 Å². The average molecular weight is 363 g/mol. The van der Waals surface area contributed by atoms with Crippen molar-refractivity contribution < 1.29 is 27.8 Å². The highest BCUT2D eigenvalue weighted by molar-refractivity contribution is 7.99. The van der Waals surface area contributed by atoms with Crippen molar-refractivity contribution in [2.45, 2.75) is 24.3 Å². The molecule has 1 aromatic carbocycles. The maximum atomic E-state index is 12.4. The molecule has 0 fully saturated rings. The minimum Gasteiger partial charge on any atom is -0.493 e. The SMILES string of the molecule is CCSCCC(NS(=O)(=O)c1ccc(OC)c(OC)c1)C(=O)O. The summed E-state index contributed by atoms with van der Waals surface area (Å²) < 4.78 is 37.1. The molecule has 0 saturated heterocycles. The summed E-state index contributed by atoms with van der Waals surface area (Å²) in [6.45, 7) is 1.95. The van der Waals surface area contributed by atoms with Crippen molar-refractivity contribution in [1.29, 1.82) is 0 Å². The van der Waals surface area contributed by atoms with Gasteiger partial charge < -0.3 is 14.6 Å². The van der Waals surface area contributed by atoms with Crippen LogP contribution in [0.1, 0.15) is 13.3 Å². The summed E-state index contributed by atoms with van der Waals surface area (Å²) >= 11 is 1.55. The topological polar surface area (TPSA) is 102 Å². The molecule has 0 aliphatic rings. The van der Waals surface area contributed by atoms with Gasteiger partial charge in [-0.2, -0.15) is 16.5 Å². The van der Waals surface area contributed by atoms with Gasteiger partial charge in [-0.1, -0.05) is 6.92 Å². The van der Waals surface area contributed by atoms with E-state index in [1.54, 1.807) is 11.8 Å². The number of carboxylic acids is 1. The minimum absolute atomic E-state index is 0.0791. The second-order valence-electron chi connectivity index (χ2n) is 4.51. The first-order chi connectivity index (χ1) is 10.9. The zero-order chi connectivity index (χ0) is 17.5. The summed E-state index contributed by atoms with van der Waals surface area (Å²) in [7, 11) is -1.14. The van der Waals surface area contributed by atoms with E-state index in [1.807, 2.05) is 6.92 Å². The van der Waals surface area contributed by atoms with Crippen LogP contribution in [-0.4, -0.2) is 51.3 Å². The molecule has 9 heteroatoms. The largest absolute Gasteiger partial charge is 0.493 e. The van der Waals surface area contributed by atoms with E-state index >= 15 is 0 Å². The number of benzene rings is 1. The molecule has 0 amide bonds. The maximum absolute atomic E-state index is 12.4. The number of hydrogen-bond donors (Lipinski definition) is 2. The molecule has 0 heterocycles. The number of nitrogens with one attached hydrogen (secondary N) is 1. The number of sulfonamides is 1. The van der Waals surface area contributed by atoms with Crippen molar-refractivity contribution in [1.82, 2.24) is 4.72 Å². The van der Waals surface area contributed by atoms with Crippen molar-refractivity contribution in [3.05, 3.63) is 18.2 Å². The molecule has 23 heavy (non-hydrogen) atoms. The molecule has 0 saturated carbocycles. The van der Waals surface area contributed by atoms with Crippen molar-refractivity contribution in [3.8, 4) is 11.5 Å². The first-order valence-electron chi connectivity index (χ1n) is 6.90. The molecule has 1 atom stereocenters. The lowest BCUT2D eigenvalue weighted by atomic mass is 10.2. The molecule has 1 rings (SSSR count). The molecule has 0 spiro atoms. The van der Waals surface area contributed by atoms with Gasteiger partial charge in [0.1, 0.15) is 6.04 Å². The highest BCUT2D eigenvalue weighted by Gasteiger charge is 2.26. The number of carbonyl (C=O) groups is 1. The Hall–Kier alpha value is -1.45. The third kappa shape index (κ3) is 5.60. The summed E-state index contributed by atoms with van der Waals surface area (Å²) in [6.07, 6.45) is 0.209. The smallest absolute Gasteiger partial charge is 0.321 e. The van der Waals surface area contributed by atoms with Crippen LogP contribution < -0.4 is 14.2 Å². The van der Waals surface area contributed by atoms with Crippen LogP contribution in [0.3, 0.4) is 0 Å². The van der Waals surface area contributed by atoms with E-state index in [2.05, 4.69) is 4.72 Å². The highest BCUT2D eigenvalue weighted by atomic mass is 32.2. The number of methoxy groups -OCH3 is 2. The lowest BCUT2D eigenvalue weighted by Gasteiger charge is -2.15. The van der Waals surface area contributed by atoms with Gasteiger partial charge in [-0.15, -0.1) is 0 Å². The maximum Gasteiger partial charge on any atom is 0.321 e. The Morgan fingerprint density at radius 3 is 2.48 bits per heavy atom. The average Bonchev–Trinajstić information content (AvgIpc) is 2.53. The van der Waals surface area contributed by atoms with Gasteiger partial charge in [0, 0.05) is 6.07 Å². The molecule has 0 aromatic heterocycles. The highest BCUT2D eigenvalue weighted by Crippen LogP contribution is 2.29. The van der Waals surface area contributed by atoms with Gasteiger partial charge in [0.25, 0.3) is 0 Å². The molecule has 0 aliphatic carbocycles. The Balaban J connectivity index is 2.98. The van der Waals surface area contributed by atoms with Gasteiger partial charge in [0.15, 0.2) is 11.5 Å². The number of carboxylic acid groups (broad SMARTS) is 1. The van der Waals surface area contributed by atoms with Crippen molar-refractivity contribution in [2.75, 3.05) is 25.7 Å². The predicted octanol–water partition coefficient (Wildman–Crippen LogP) is 1.58. The minimum atomic E-state index is -3.97. The summed E-state index contributed by atoms with van der Waals surface area (Å²) in [5, 5.41) is 9.18. The Labute approximate surface area is 140 Å². The summed E-state index contributed by atoms with van der Waals surface area (Å²) in [5.74, 6) is 0.839. The number of rotatable bonds is 10. The third-order valence-corrected chi connectivity index (χ3v) is 5.42. The molecular formula is C14H21NO6S2. The molecule has 0 aliphatic heterocycles. The zero-order valence-electron chi connectivity index (χ0n) is 13.2. The first-order valence-corrected chi connectivity index (χ1v) is 9.54. The quantitative estimate of drug-likeness (QED) is 0.609. The molecule has 1 unspecified atom stereocenters. The lowest BCUT2D eigenvalue weighted by Crippen LogP contribution is -2.41. The predicted molar refractivity (Wildman–Crippen MR) is 88.9 cm³/mol. The molecule has 130 valence electrons. The lowest BCUT2D eigenvalue weighted by molar-refractivity contribution is -0.139. The van der Waals surface area contributed by atoms with Crippen LogP contribution in [-0.2, 0) is 14.8 Å². The second-order valence-corrected chi connectivity index (χ2v) is 7.62. The van der Waals surface area contributed by atoms with E-state index < -0.39 is 22.0 Å². The van der Waals surface area contributed by atoms with Gasteiger partial charge in [-0.25, -0.2) is 8.42 Å². The molecule has 1 aromatic rings. The number of ether oxygens (including phenoxy) is 2. The second kappa shape index (κ2) is 8.99. The van der Waals surface area contributed by atoms with Crippen molar-refractivity contribution in [2.24, 2.45) is 0 Å². The van der Waals surface area contributed by atoms with E-state index in [0.717, 1.165) is 5.75 Å². The van der Waals surface area contributed by atoms with Crippen LogP contribution in [0.5, 0.6) is 11.5 Å². The molecular weight excluding hydrogens is 342 g/mol. The van der Waals surface area contributed by atoms with Gasteiger partial charge in [0.05, 0.1) is 19.1 Å². The van der Waals surface area contributed by atoms with Crippen LogP contribution in [0.2, 0.25) is 0 Å². The normalized spacial score (nSPS) is 12.7. The monoisotopic (exact) mass is 363 g/mol. The van der Waals surface area contributed by atoms with Gasteiger partial charge in [-0.3, -0.25) is 4.79 Å². The molecule has 7 nitrogen and oxygen atoms in total. The van der Waals surface area contributed by atoms with E-state index in [4.69, 9.17) is 9.47 Å². The standard InChI is InChI=1S/C14H21NO6S2/c1-4-22-8-7-11(14(16)17)15-23(18,19)10-5-6-12(20-2)13(9-10)21-3/h5-6,9,11,15H,4,7-8H2,1-3H3,(H,16,17). The van der Waals surface area contributed by atoms with E-state index in [1.165, 1.54) is 32.4 Å². The van der Waals surface area contributed by atoms with Gasteiger partial charge >= 0.3 is 5.97 Å². The molecule has 0 bridgehead atoms. The summed E-state index contributed by atoms with van der Waals surface area (Å²) in [6, 6.07) is 2.91. The van der Waals surface area contributed by atoms with Crippen LogP contribution >= 0.6 is 11.8 Å². The van der Waals surface area contributed by atoms with Crippen LogP contribution in [0.4, 0.5) is 0 Å². The fourth-order valence-electron chi connectivity index (χ4n) is 1.82.